The minimum atomic E-state index is -1.29. The smallest absolute Gasteiger partial charge is 0.423 e. The topological polar surface area (TPSA) is 72.9 Å². The van der Waals surface area contributed by atoms with Crippen LogP contribution in [0.15, 0.2) is 48.5 Å². The number of carbonyl (C=O) groups excluding carboxylic acids is 1. The Labute approximate surface area is 131 Å². The van der Waals surface area contributed by atoms with Gasteiger partial charge >= 0.3 is 6.09 Å². The van der Waals surface area contributed by atoms with Gasteiger partial charge in [0, 0.05) is 10.7 Å². The van der Waals surface area contributed by atoms with E-state index in [0.29, 0.717) is 10.6 Å². The summed E-state index contributed by atoms with van der Waals surface area (Å²) >= 11 is 5.90. The lowest BCUT2D eigenvalue weighted by atomic mass is 10.1. The van der Waals surface area contributed by atoms with E-state index in [2.05, 4.69) is 5.43 Å². The normalized spacial score (nSPS) is 13.8. The summed E-state index contributed by atoms with van der Waals surface area (Å²) in [6.45, 7) is 0.0732. The van der Waals surface area contributed by atoms with Crippen LogP contribution < -0.4 is 10.3 Å². The van der Waals surface area contributed by atoms with E-state index >= 15 is 0 Å². The Balaban J connectivity index is 2.05. The lowest BCUT2D eigenvalue weighted by molar-refractivity contribution is 0.0639. The number of hydrogen-bond donors (Lipinski definition) is 2. The summed E-state index contributed by atoms with van der Waals surface area (Å²) in [4.78, 5) is 25.0. The number of nitrogens with zero attached hydrogens (tertiary/aromatic N) is 2. The number of hydrazine groups is 1. The van der Waals surface area contributed by atoms with Crippen molar-refractivity contribution in [1.82, 2.24) is 10.4 Å². The summed E-state index contributed by atoms with van der Waals surface area (Å²) in [5.74, 6) is -0.386. The average Bonchev–Trinajstić information content (AvgIpc) is 2.51. The van der Waals surface area contributed by atoms with Crippen molar-refractivity contribution in [3.8, 4) is 0 Å². The minimum Gasteiger partial charge on any atom is -0.464 e. The standard InChI is InChI=1S/C15H12ClN3O3/c16-10-5-7-11(8-6-10)18-9-19(17-15(21)22)14(20)12-3-1-2-4-13(12)18/h1-8,17H,9H2,(H,21,22). The van der Waals surface area contributed by atoms with Crippen molar-refractivity contribution in [3.05, 3.63) is 59.1 Å². The van der Waals surface area contributed by atoms with E-state index in [9.17, 15) is 9.59 Å². The van der Waals surface area contributed by atoms with Gasteiger partial charge in [-0.3, -0.25) is 4.79 Å². The molecule has 0 spiro atoms. The van der Waals surface area contributed by atoms with Gasteiger partial charge in [0.2, 0.25) is 0 Å². The number of hydrogen-bond acceptors (Lipinski definition) is 3. The van der Waals surface area contributed by atoms with Crippen molar-refractivity contribution < 1.29 is 14.7 Å². The van der Waals surface area contributed by atoms with Gasteiger partial charge in [0.05, 0.1) is 11.3 Å². The first-order chi connectivity index (χ1) is 10.6. The number of para-hydroxylation sites is 1. The molecule has 2 aromatic carbocycles. The van der Waals surface area contributed by atoms with Gasteiger partial charge in [0.15, 0.2) is 0 Å². The molecule has 6 nitrogen and oxygen atoms in total. The number of rotatable bonds is 2. The van der Waals surface area contributed by atoms with Crippen molar-refractivity contribution in [2.75, 3.05) is 11.6 Å². The van der Waals surface area contributed by atoms with Gasteiger partial charge in [0.1, 0.15) is 6.67 Å². The van der Waals surface area contributed by atoms with Gasteiger partial charge < -0.3 is 10.0 Å². The maximum atomic E-state index is 12.3. The Bertz CT molecular complexity index is 733. The highest BCUT2D eigenvalue weighted by molar-refractivity contribution is 6.30. The molecule has 1 aliphatic rings. The molecule has 2 N–H and O–H groups in total. The zero-order valence-electron chi connectivity index (χ0n) is 11.4. The molecular formula is C15H12ClN3O3. The molecule has 0 fully saturated rings. The van der Waals surface area contributed by atoms with Gasteiger partial charge in [-0.15, -0.1) is 0 Å². The molecule has 2 amide bonds. The lowest BCUT2D eigenvalue weighted by Crippen LogP contribution is -2.53. The van der Waals surface area contributed by atoms with Crippen LogP contribution >= 0.6 is 11.6 Å². The van der Waals surface area contributed by atoms with Crippen LogP contribution in [0.4, 0.5) is 16.2 Å². The number of carbonyl (C=O) groups is 2. The van der Waals surface area contributed by atoms with E-state index in [1.807, 2.05) is 29.2 Å². The van der Waals surface area contributed by atoms with Crippen molar-refractivity contribution in [3.63, 3.8) is 0 Å². The zero-order valence-corrected chi connectivity index (χ0v) is 12.1. The van der Waals surface area contributed by atoms with E-state index < -0.39 is 6.09 Å². The molecule has 2 aromatic rings. The second kappa shape index (κ2) is 5.57. The summed E-state index contributed by atoms with van der Waals surface area (Å²) in [6.07, 6.45) is -1.29. The summed E-state index contributed by atoms with van der Waals surface area (Å²) in [5.41, 5.74) is 4.07. The number of fused-ring (bicyclic) bond motifs is 1. The molecule has 0 radical (unpaired) electrons. The molecule has 22 heavy (non-hydrogen) atoms. The van der Waals surface area contributed by atoms with E-state index in [1.54, 1.807) is 24.3 Å². The maximum absolute atomic E-state index is 12.3. The fourth-order valence-corrected chi connectivity index (χ4v) is 2.49. The fourth-order valence-electron chi connectivity index (χ4n) is 2.36. The Morgan fingerprint density at radius 2 is 1.82 bits per heavy atom. The van der Waals surface area contributed by atoms with Crippen molar-refractivity contribution in [1.29, 1.82) is 0 Å². The second-order valence-electron chi connectivity index (χ2n) is 4.71. The average molecular weight is 318 g/mol. The number of benzene rings is 2. The fraction of sp³-hybridized carbons (Fsp3) is 0.0667. The number of nitrogens with one attached hydrogen (secondary N) is 1. The number of amides is 2. The van der Waals surface area contributed by atoms with E-state index in [-0.39, 0.29) is 12.6 Å². The molecule has 0 bridgehead atoms. The summed E-state index contributed by atoms with van der Waals surface area (Å²) < 4.78 is 0. The number of halogens is 1. The van der Waals surface area contributed by atoms with E-state index in [1.165, 1.54) is 0 Å². The van der Waals surface area contributed by atoms with Crippen LogP contribution in [0.1, 0.15) is 10.4 Å². The molecule has 0 atom stereocenters. The van der Waals surface area contributed by atoms with E-state index in [4.69, 9.17) is 16.7 Å². The third kappa shape index (κ3) is 2.56. The monoisotopic (exact) mass is 317 g/mol. The number of carboxylic acid groups (broad SMARTS) is 1. The predicted octanol–water partition coefficient (Wildman–Crippen LogP) is 3.07. The van der Waals surface area contributed by atoms with Crippen LogP contribution in [-0.2, 0) is 0 Å². The Morgan fingerprint density at radius 1 is 1.14 bits per heavy atom. The van der Waals surface area contributed by atoms with Crippen LogP contribution in [0.2, 0.25) is 5.02 Å². The summed E-state index contributed by atoms with van der Waals surface area (Å²) in [7, 11) is 0. The molecule has 7 heteroatoms. The van der Waals surface area contributed by atoms with Gasteiger partial charge in [-0.1, -0.05) is 23.7 Å². The van der Waals surface area contributed by atoms with E-state index in [0.717, 1.165) is 16.4 Å². The van der Waals surface area contributed by atoms with Crippen LogP contribution in [-0.4, -0.2) is 28.8 Å². The van der Waals surface area contributed by atoms with Crippen molar-refractivity contribution >= 4 is 35.0 Å². The molecule has 0 unspecified atom stereocenters. The van der Waals surface area contributed by atoms with Crippen molar-refractivity contribution in [2.24, 2.45) is 0 Å². The zero-order chi connectivity index (χ0) is 15.7. The highest BCUT2D eigenvalue weighted by atomic mass is 35.5. The SMILES string of the molecule is O=C(O)NN1CN(c2ccc(Cl)cc2)c2ccccc2C1=O. The largest absolute Gasteiger partial charge is 0.464 e. The lowest BCUT2D eigenvalue weighted by Gasteiger charge is -2.37. The van der Waals surface area contributed by atoms with Gasteiger partial charge in [-0.05, 0) is 36.4 Å². The number of anilines is 2. The molecule has 0 saturated carbocycles. The van der Waals surface area contributed by atoms with Crippen LogP contribution in [0.5, 0.6) is 0 Å². The molecule has 1 heterocycles. The van der Waals surface area contributed by atoms with Crippen LogP contribution in [0, 0.1) is 0 Å². The van der Waals surface area contributed by atoms with Crippen LogP contribution in [0.3, 0.4) is 0 Å². The Morgan fingerprint density at radius 3 is 2.50 bits per heavy atom. The second-order valence-corrected chi connectivity index (χ2v) is 5.15. The van der Waals surface area contributed by atoms with Gasteiger partial charge in [-0.2, -0.15) is 0 Å². The maximum Gasteiger partial charge on any atom is 0.423 e. The van der Waals surface area contributed by atoms with Crippen molar-refractivity contribution in [2.45, 2.75) is 0 Å². The minimum absolute atomic E-state index is 0.0732. The summed E-state index contributed by atoms with van der Waals surface area (Å²) in [5, 5.41) is 10.5. The first-order valence-corrected chi connectivity index (χ1v) is 6.87. The van der Waals surface area contributed by atoms with Gasteiger partial charge in [0.25, 0.3) is 5.91 Å². The Kier molecular flexibility index (Phi) is 3.60. The predicted molar refractivity (Wildman–Crippen MR) is 82.2 cm³/mol. The molecule has 0 aliphatic carbocycles. The quantitative estimate of drug-likeness (QED) is 0.892. The Hall–Kier alpha value is -2.73. The van der Waals surface area contributed by atoms with Gasteiger partial charge in [-0.25, -0.2) is 15.2 Å². The first kappa shape index (κ1) is 14.2. The third-order valence-corrected chi connectivity index (χ3v) is 3.57. The molecule has 3 rings (SSSR count). The highest BCUT2D eigenvalue weighted by Crippen LogP contribution is 2.33. The third-order valence-electron chi connectivity index (χ3n) is 3.32. The molecule has 1 aliphatic heterocycles. The molecular weight excluding hydrogens is 306 g/mol. The molecule has 112 valence electrons. The molecule has 0 saturated heterocycles. The van der Waals surface area contributed by atoms with Crippen LogP contribution in [0.25, 0.3) is 0 Å². The summed E-state index contributed by atoms with van der Waals surface area (Å²) in [6, 6.07) is 14.2. The first-order valence-electron chi connectivity index (χ1n) is 6.50. The molecule has 0 aromatic heterocycles. The highest BCUT2D eigenvalue weighted by Gasteiger charge is 2.30.